The quantitative estimate of drug-likeness (QED) is 0.744. The minimum atomic E-state index is 0.163. The Morgan fingerprint density at radius 2 is 2.27 bits per heavy atom. The first-order valence-corrected chi connectivity index (χ1v) is 5.23. The zero-order chi connectivity index (χ0) is 11.1. The van der Waals surface area contributed by atoms with Gasteiger partial charge in [0.15, 0.2) is 0 Å². The van der Waals surface area contributed by atoms with Gasteiger partial charge in [0, 0.05) is 19.1 Å². The minimum absolute atomic E-state index is 0.163. The lowest BCUT2D eigenvalue weighted by Crippen LogP contribution is -2.12. The van der Waals surface area contributed by atoms with Gasteiger partial charge < -0.3 is 15.2 Å². The van der Waals surface area contributed by atoms with Crippen LogP contribution in [0.3, 0.4) is 0 Å². The van der Waals surface area contributed by atoms with Crippen LogP contribution in [0.5, 0.6) is 5.75 Å². The molecule has 1 unspecified atom stereocenters. The van der Waals surface area contributed by atoms with Crippen molar-refractivity contribution < 1.29 is 9.84 Å². The summed E-state index contributed by atoms with van der Waals surface area (Å²) < 4.78 is 5.56. The molecule has 0 aliphatic heterocycles. The van der Waals surface area contributed by atoms with Gasteiger partial charge in [-0.2, -0.15) is 0 Å². The number of hydrogen-bond acceptors (Lipinski definition) is 3. The maximum absolute atomic E-state index is 8.86. The Bertz CT molecular complexity index is 289. The van der Waals surface area contributed by atoms with Gasteiger partial charge in [0.25, 0.3) is 0 Å². The van der Waals surface area contributed by atoms with Crippen molar-refractivity contribution in [3.05, 3.63) is 29.8 Å². The second kappa shape index (κ2) is 6.43. The van der Waals surface area contributed by atoms with Crippen molar-refractivity contribution in [2.24, 2.45) is 5.92 Å². The summed E-state index contributed by atoms with van der Waals surface area (Å²) in [5.41, 5.74) is 1.20. The Balaban J connectivity index is 2.50. The van der Waals surface area contributed by atoms with Crippen LogP contribution < -0.4 is 10.1 Å². The van der Waals surface area contributed by atoms with Crippen molar-refractivity contribution >= 4 is 0 Å². The van der Waals surface area contributed by atoms with Crippen LogP contribution in [0.4, 0.5) is 0 Å². The summed E-state index contributed by atoms with van der Waals surface area (Å²) in [5, 5.41) is 12.0. The van der Waals surface area contributed by atoms with Gasteiger partial charge in [-0.3, -0.25) is 0 Å². The highest BCUT2D eigenvalue weighted by Gasteiger charge is 2.01. The van der Waals surface area contributed by atoms with Gasteiger partial charge in [-0.15, -0.1) is 0 Å². The smallest absolute Gasteiger partial charge is 0.119 e. The van der Waals surface area contributed by atoms with Crippen molar-refractivity contribution in [1.29, 1.82) is 0 Å². The fourth-order valence-corrected chi connectivity index (χ4v) is 1.24. The standard InChI is InChI=1S/C12H19NO2/c1-10(8-14)9-15-12-5-3-4-11(6-12)7-13-2/h3-6,10,13-14H,7-9H2,1-2H3. The number of nitrogens with one attached hydrogen (secondary N) is 1. The highest BCUT2D eigenvalue weighted by molar-refractivity contribution is 5.28. The van der Waals surface area contributed by atoms with Crippen LogP contribution in [0.25, 0.3) is 0 Å². The predicted molar refractivity (Wildman–Crippen MR) is 61.0 cm³/mol. The van der Waals surface area contributed by atoms with E-state index in [2.05, 4.69) is 11.4 Å². The lowest BCUT2D eigenvalue weighted by atomic mass is 10.2. The summed E-state index contributed by atoms with van der Waals surface area (Å²) in [6.07, 6.45) is 0. The van der Waals surface area contributed by atoms with Crippen molar-refractivity contribution in [1.82, 2.24) is 5.32 Å². The third-order valence-corrected chi connectivity index (χ3v) is 2.13. The lowest BCUT2D eigenvalue weighted by molar-refractivity contribution is 0.174. The zero-order valence-corrected chi connectivity index (χ0v) is 9.36. The van der Waals surface area contributed by atoms with Crippen LogP contribution >= 0.6 is 0 Å². The van der Waals surface area contributed by atoms with Crippen LogP contribution in [-0.4, -0.2) is 25.4 Å². The molecular formula is C12H19NO2. The molecule has 0 heterocycles. The molecule has 0 amide bonds. The Kier molecular flexibility index (Phi) is 5.15. The molecule has 3 heteroatoms. The first-order chi connectivity index (χ1) is 7.26. The van der Waals surface area contributed by atoms with Gasteiger partial charge in [-0.25, -0.2) is 0 Å². The minimum Gasteiger partial charge on any atom is -0.493 e. The summed E-state index contributed by atoms with van der Waals surface area (Å²) in [5.74, 6) is 1.04. The maximum atomic E-state index is 8.86. The molecule has 0 aliphatic rings. The molecule has 1 atom stereocenters. The number of rotatable bonds is 6. The average molecular weight is 209 g/mol. The van der Waals surface area contributed by atoms with Gasteiger partial charge in [-0.05, 0) is 24.7 Å². The molecule has 0 radical (unpaired) electrons. The van der Waals surface area contributed by atoms with Crippen LogP contribution in [-0.2, 0) is 6.54 Å². The number of hydrogen-bond donors (Lipinski definition) is 2. The molecule has 0 fully saturated rings. The number of aliphatic hydroxyl groups excluding tert-OH is 1. The average Bonchev–Trinajstić information content (AvgIpc) is 2.27. The molecule has 0 aliphatic carbocycles. The van der Waals surface area contributed by atoms with Gasteiger partial charge in [-0.1, -0.05) is 19.1 Å². The molecule has 0 spiro atoms. The first-order valence-electron chi connectivity index (χ1n) is 5.23. The van der Waals surface area contributed by atoms with E-state index in [9.17, 15) is 0 Å². The summed E-state index contributed by atoms with van der Waals surface area (Å²) in [4.78, 5) is 0. The fraction of sp³-hybridized carbons (Fsp3) is 0.500. The van der Waals surface area contributed by atoms with Crippen molar-refractivity contribution in [2.45, 2.75) is 13.5 Å². The maximum Gasteiger partial charge on any atom is 0.119 e. The second-order valence-electron chi connectivity index (χ2n) is 3.78. The van der Waals surface area contributed by atoms with Crippen LogP contribution in [0, 0.1) is 5.92 Å². The highest BCUT2D eigenvalue weighted by Crippen LogP contribution is 2.14. The Morgan fingerprint density at radius 3 is 2.93 bits per heavy atom. The Labute approximate surface area is 91.1 Å². The largest absolute Gasteiger partial charge is 0.493 e. The summed E-state index contributed by atoms with van der Waals surface area (Å²) in [6.45, 7) is 3.51. The number of ether oxygens (including phenoxy) is 1. The van der Waals surface area contributed by atoms with Gasteiger partial charge in [0.05, 0.1) is 6.61 Å². The summed E-state index contributed by atoms with van der Waals surface area (Å²) in [7, 11) is 1.92. The van der Waals surface area contributed by atoms with E-state index in [-0.39, 0.29) is 12.5 Å². The molecule has 3 nitrogen and oxygen atoms in total. The van der Waals surface area contributed by atoms with Gasteiger partial charge >= 0.3 is 0 Å². The fourth-order valence-electron chi connectivity index (χ4n) is 1.24. The third kappa shape index (κ3) is 4.32. The molecular weight excluding hydrogens is 190 g/mol. The first kappa shape index (κ1) is 12.0. The highest BCUT2D eigenvalue weighted by atomic mass is 16.5. The molecule has 0 aromatic heterocycles. The molecule has 1 rings (SSSR count). The molecule has 84 valence electrons. The summed E-state index contributed by atoms with van der Waals surface area (Å²) in [6, 6.07) is 7.98. The van der Waals surface area contributed by atoms with Crippen LogP contribution in [0.2, 0.25) is 0 Å². The van der Waals surface area contributed by atoms with Crippen molar-refractivity contribution in [2.75, 3.05) is 20.3 Å². The molecule has 2 N–H and O–H groups in total. The number of aliphatic hydroxyl groups is 1. The molecule has 0 saturated carbocycles. The van der Waals surface area contributed by atoms with E-state index in [1.54, 1.807) is 0 Å². The topological polar surface area (TPSA) is 41.5 Å². The molecule has 15 heavy (non-hydrogen) atoms. The van der Waals surface area contributed by atoms with Crippen molar-refractivity contribution in [3.8, 4) is 5.75 Å². The van der Waals surface area contributed by atoms with E-state index in [0.29, 0.717) is 6.61 Å². The van der Waals surface area contributed by atoms with E-state index in [0.717, 1.165) is 12.3 Å². The molecule has 0 bridgehead atoms. The van der Waals surface area contributed by atoms with Crippen LogP contribution in [0.15, 0.2) is 24.3 Å². The monoisotopic (exact) mass is 209 g/mol. The second-order valence-corrected chi connectivity index (χ2v) is 3.78. The van der Waals surface area contributed by atoms with E-state index >= 15 is 0 Å². The Morgan fingerprint density at radius 1 is 1.47 bits per heavy atom. The van der Waals surface area contributed by atoms with E-state index in [4.69, 9.17) is 9.84 Å². The van der Waals surface area contributed by atoms with Gasteiger partial charge in [0.2, 0.25) is 0 Å². The van der Waals surface area contributed by atoms with Gasteiger partial charge in [0.1, 0.15) is 5.75 Å². The lowest BCUT2D eigenvalue weighted by Gasteiger charge is -2.11. The normalized spacial score (nSPS) is 12.5. The number of benzene rings is 1. The third-order valence-electron chi connectivity index (χ3n) is 2.13. The van der Waals surface area contributed by atoms with E-state index < -0.39 is 0 Å². The SMILES string of the molecule is CNCc1cccc(OCC(C)CO)c1. The summed E-state index contributed by atoms with van der Waals surface area (Å²) >= 11 is 0. The van der Waals surface area contributed by atoms with E-state index in [1.165, 1.54) is 5.56 Å². The van der Waals surface area contributed by atoms with E-state index in [1.807, 2.05) is 32.2 Å². The molecule has 0 saturated heterocycles. The Hall–Kier alpha value is -1.06. The zero-order valence-electron chi connectivity index (χ0n) is 9.36. The molecule has 1 aromatic rings. The van der Waals surface area contributed by atoms with Crippen LogP contribution in [0.1, 0.15) is 12.5 Å². The predicted octanol–water partition coefficient (Wildman–Crippen LogP) is 1.41. The van der Waals surface area contributed by atoms with Crippen molar-refractivity contribution in [3.63, 3.8) is 0 Å². The molecule has 1 aromatic carbocycles.